The van der Waals surface area contributed by atoms with Crippen LogP contribution in [-0.4, -0.2) is 37.9 Å². The molecule has 3 heteroatoms. The summed E-state index contributed by atoms with van der Waals surface area (Å²) in [4.78, 5) is 2.44. The molecule has 1 aliphatic rings. The maximum absolute atomic E-state index is 9.17. The first-order chi connectivity index (χ1) is 8.35. The zero-order chi connectivity index (χ0) is 12.1. The Morgan fingerprint density at radius 2 is 2.24 bits per heavy atom. The van der Waals surface area contributed by atoms with E-state index in [1.165, 1.54) is 24.1 Å². The highest BCUT2D eigenvalue weighted by Crippen LogP contribution is 2.26. The van der Waals surface area contributed by atoms with Crippen molar-refractivity contribution in [2.24, 2.45) is 0 Å². The van der Waals surface area contributed by atoms with Crippen molar-refractivity contribution < 1.29 is 5.11 Å². The van der Waals surface area contributed by atoms with Crippen molar-refractivity contribution in [1.29, 1.82) is 0 Å². The molecule has 0 aliphatic carbocycles. The third-order valence-corrected chi connectivity index (χ3v) is 3.58. The molecule has 1 aromatic rings. The van der Waals surface area contributed by atoms with Crippen molar-refractivity contribution in [3.8, 4) is 0 Å². The van der Waals surface area contributed by atoms with Crippen molar-refractivity contribution in [3.63, 3.8) is 0 Å². The second-order valence-corrected chi connectivity index (χ2v) is 4.68. The second kappa shape index (κ2) is 6.03. The Morgan fingerprint density at radius 3 is 3.00 bits per heavy atom. The molecule has 0 spiro atoms. The summed E-state index contributed by atoms with van der Waals surface area (Å²) >= 11 is 0. The van der Waals surface area contributed by atoms with Crippen LogP contribution in [0.1, 0.15) is 18.4 Å². The molecule has 2 rings (SSSR count). The zero-order valence-electron chi connectivity index (χ0n) is 10.5. The summed E-state index contributed by atoms with van der Waals surface area (Å²) in [6, 6.07) is 8.87. The fraction of sp³-hybridized carbons (Fsp3) is 0.571. The lowest BCUT2D eigenvalue weighted by atomic mass is 10.0. The lowest BCUT2D eigenvalue weighted by Crippen LogP contribution is -2.36. The molecule has 94 valence electrons. The summed E-state index contributed by atoms with van der Waals surface area (Å²) in [6.45, 7) is 2.37. The molecule has 0 radical (unpaired) electrons. The van der Waals surface area contributed by atoms with Crippen LogP contribution in [0.5, 0.6) is 0 Å². The van der Waals surface area contributed by atoms with Crippen molar-refractivity contribution in [1.82, 2.24) is 5.32 Å². The molecule has 1 heterocycles. The lowest BCUT2D eigenvalue weighted by Gasteiger charge is -2.32. The average Bonchev–Trinajstić information content (AvgIpc) is 2.40. The van der Waals surface area contributed by atoms with Gasteiger partial charge in [0.15, 0.2) is 0 Å². The summed E-state index contributed by atoms with van der Waals surface area (Å²) in [5.41, 5.74) is 2.84. The number of para-hydroxylation sites is 1. The van der Waals surface area contributed by atoms with Gasteiger partial charge in [-0.05, 0) is 37.9 Å². The van der Waals surface area contributed by atoms with Gasteiger partial charge in [0, 0.05) is 24.8 Å². The Labute approximate surface area is 103 Å². The third-order valence-electron chi connectivity index (χ3n) is 3.58. The van der Waals surface area contributed by atoms with Gasteiger partial charge in [-0.1, -0.05) is 18.2 Å². The monoisotopic (exact) mass is 234 g/mol. The minimum Gasteiger partial charge on any atom is -0.395 e. The van der Waals surface area contributed by atoms with Gasteiger partial charge >= 0.3 is 0 Å². The quantitative estimate of drug-likeness (QED) is 0.808. The number of fused-ring (bicyclic) bond motifs is 1. The summed E-state index contributed by atoms with van der Waals surface area (Å²) < 4.78 is 0. The third kappa shape index (κ3) is 2.99. The molecule has 0 saturated carbocycles. The van der Waals surface area contributed by atoms with Gasteiger partial charge in [0.25, 0.3) is 0 Å². The Morgan fingerprint density at radius 1 is 1.41 bits per heavy atom. The normalized spacial score (nSPS) is 16.7. The number of aliphatic hydroxyl groups is 1. The van der Waals surface area contributed by atoms with Gasteiger partial charge in [-0.3, -0.25) is 0 Å². The van der Waals surface area contributed by atoms with Crippen LogP contribution in [0.15, 0.2) is 24.3 Å². The maximum Gasteiger partial charge on any atom is 0.0585 e. The maximum atomic E-state index is 9.17. The molecule has 1 aliphatic heterocycles. The summed E-state index contributed by atoms with van der Waals surface area (Å²) in [5, 5.41) is 12.3. The fourth-order valence-corrected chi connectivity index (χ4v) is 2.48. The minimum atomic E-state index is 0.212. The number of nitrogens with zero attached hydrogens (tertiary/aromatic N) is 1. The highest BCUT2D eigenvalue weighted by Gasteiger charge is 2.16. The van der Waals surface area contributed by atoms with E-state index in [1.807, 2.05) is 7.05 Å². The Bertz CT molecular complexity index is 350. The van der Waals surface area contributed by atoms with Crippen LogP contribution in [0.2, 0.25) is 0 Å². The SMILES string of the molecule is CNC(CO)CCN1CCCc2ccccc21. The van der Waals surface area contributed by atoms with Gasteiger partial charge in [0.05, 0.1) is 6.61 Å². The first-order valence-corrected chi connectivity index (χ1v) is 6.46. The van der Waals surface area contributed by atoms with Gasteiger partial charge in [-0.2, -0.15) is 0 Å². The van der Waals surface area contributed by atoms with Crippen LogP contribution >= 0.6 is 0 Å². The summed E-state index contributed by atoms with van der Waals surface area (Å²) in [5.74, 6) is 0. The van der Waals surface area contributed by atoms with E-state index in [1.54, 1.807) is 0 Å². The molecule has 17 heavy (non-hydrogen) atoms. The van der Waals surface area contributed by atoms with E-state index < -0.39 is 0 Å². The van der Waals surface area contributed by atoms with Crippen molar-refractivity contribution in [3.05, 3.63) is 29.8 Å². The molecular formula is C14H22N2O. The topological polar surface area (TPSA) is 35.5 Å². The van der Waals surface area contributed by atoms with Crippen LogP contribution in [0, 0.1) is 0 Å². The molecule has 1 aromatic carbocycles. The van der Waals surface area contributed by atoms with Crippen LogP contribution in [-0.2, 0) is 6.42 Å². The highest BCUT2D eigenvalue weighted by atomic mass is 16.3. The van der Waals surface area contributed by atoms with Crippen LogP contribution in [0.4, 0.5) is 5.69 Å². The molecule has 1 atom stereocenters. The Balaban J connectivity index is 1.99. The first kappa shape index (κ1) is 12.4. The number of rotatable bonds is 5. The Kier molecular flexibility index (Phi) is 4.40. The predicted molar refractivity (Wildman–Crippen MR) is 71.5 cm³/mol. The molecule has 0 fully saturated rings. The Hall–Kier alpha value is -1.06. The van der Waals surface area contributed by atoms with Crippen molar-refractivity contribution in [2.75, 3.05) is 31.6 Å². The number of nitrogens with one attached hydrogen (secondary N) is 1. The number of aryl methyl sites for hydroxylation is 1. The molecule has 0 aromatic heterocycles. The fourth-order valence-electron chi connectivity index (χ4n) is 2.48. The van der Waals surface area contributed by atoms with E-state index in [9.17, 15) is 0 Å². The molecule has 0 amide bonds. The first-order valence-electron chi connectivity index (χ1n) is 6.46. The van der Waals surface area contributed by atoms with Crippen molar-refractivity contribution >= 4 is 5.69 Å². The summed E-state index contributed by atoms with van der Waals surface area (Å²) in [7, 11) is 1.91. The van der Waals surface area contributed by atoms with Crippen molar-refractivity contribution in [2.45, 2.75) is 25.3 Å². The van der Waals surface area contributed by atoms with E-state index in [0.29, 0.717) is 0 Å². The van der Waals surface area contributed by atoms with E-state index in [-0.39, 0.29) is 12.6 Å². The number of likely N-dealkylation sites (N-methyl/N-ethyl adjacent to an activating group) is 1. The van der Waals surface area contributed by atoms with E-state index in [0.717, 1.165) is 19.5 Å². The smallest absolute Gasteiger partial charge is 0.0585 e. The van der Waals surface area contributed by atoms with Crippen LogP contribution < -0.4 is 10.2 Å². The van der Waals surface area contributed by atoms with Gasteiger partial charge in [0.2, 0.25) is 0 Å². The average molecular weight is 234 g/mol. The largest absolute Gasteiger partial charge is 0.395 e. The highest BCUT2D eigenvalue weighted by molar-refractivity contribution is 5.55. The van der Waals surface area contributed by atoms with E-state index in [2.05, 4.69) is 34.5 Å². The molecule has 1 unspecified atom stereocenters. The van der Waals surface area contributed by atoms with E-state index >= 15 is 0 Å². The number of aliphatic hydroxyl groups excluding tert-OH is 1. The number of hydrogen-bond donors (Lipinski definition) is 2. The van der Waals surface area contributed by atoms with E-state index in [4.69, 9.17) is 5.11 Å². The molecular weight excluding hydrogens is 212 g/mol. The number of hydrogen-bond acceptors (Lipinski definition) is 3. The molecule has 0 saturated heterocycles. The summed E-state index contributed by atoms with van der Waals surface area (Å²) in [6.07, 6.45) is 3.42. The molecule has 0 bridgehead atoms. The lowest BCUT2D eigenvalue weighted by molar-refractivity contribution is 0.243. The van der Waals surface area contributed by atoms with Gasteiger partial charge in [-0.15, -0.1) is 0 Å². The van der Waals surface area contributed by atoms with Gasteiger partial charge in [0.1, 0.15) is 0 Å². The number of benzene rings is 1. The minimum absolute atomic E-state index is 0.212. The van der Waals surface area contributed by atoms with Crippen LogP contribution in [0.25, 0.3) is 0 Å². The van der Waals surface area contributed by atoms with Gasteiger partial charge in [-0.25, -0.2) is 0 Å². The standard InChI is InChI=1S/C14H22N2O/c1-15-13(11-17)8-10-16-9-4-6-12-5-2-3-7-14(12)16/h2-3,5,7,13,15,17H,4,6,8-11H2,1H3. The second-order valence-electron chi connectivity index (χ2n) is 4.68. The number of anilines is 1. The van der Waals surface area contributed by atoms with Crippen LogP contribution in [0.3, 0.4) is 0 Å². The molecule has 2 N–H and O–H groups in total. The zero-order valence-corrected chi connectivity index (χ0v) is 10.5. The van der Waals surface area contributed by atoms with Gasteiger partial charge < -0.3 is 15.3 Å². The predicted octanol–water partition coefficient (Wildman–Crippen LogP) is 1.41. The molecule has 3 nitrogen and oxygen atoms in total.